The van der Waals surface area contributed by atoms with Crippen LogP contribution in [0.1, 0.15) is 19.8 Å². The molecule has 0 saturated carbocycles. The van der Waals surface area contributed by atoms with Gasteiger partial charge in [-0.1, -0.05) is 19.1 Å². The maximum atomic E-state index is 11.3. The molecular formula is C10H17NO. The van der Waals surface area contributed by atoms with Gasteiger partial charge in [0, 0.05) is 19.5 Å². The van der Waals surface area contributed by atoms with Gasteiger partial charge in [0.05, 0.1) is 0 Å². The monoisotopic (exact) mass is 167 g/mol. The fourth-order valence-electron chi connectivity index (χ4n) is 0.944. The summed E-state index contributed by atoms with van der Waals surface area (Å²) in [7, 11) is 0. The molecule has 0 saturated heterocycles. The van der Waals surface area contributed by atoms with Crippen LogP contribution < -0.4 is 0 Å². The molecule has 0 aromatic heterocycles. The highest BCUT2D eigenvalue weighted by Crippen LogP contribution is 1.96. The van der Waals surface area contributed by atoms with Crippen molar-refractivity contribution in [2.75, 3.05) is 13.1 Å². The molecule has 0 aliphatic carbocycles. The number of hydrogen-bond donors (Lipinski definition) is 0. The van der Waals surface area contributed by atoms with Gasteiger partial charge in [-0.25, -0.2) is 0 Å². The zero-order valence-electron chi connectivity index (χ0n) is 7.75. The predicted molar refractivity (Wildman–Crippen MR) is 51.9 cm³/mol. The van der Waals surface area contributed by atoms with Crippen LogP contribution in [-0.4, -0.2) is 23.9 Å². The van der Waals surface area contributed by atoms with Crippen molar-refractivity contribution in [2.45, 2.75) is 19.8 Å². The highest BCUT2D eigenvalue weighted by molar-refractivity contribution is 5.75. The SMILES string of the molecule is C=CCCN(CC=C)C(=O)CC. The molecule has 0 radical (unpaired) electrons. The van der Waals surface area contributed by atoms with Gasteiger partial charge >= 0.3 is 0 Å². The van der Waals surface area contributed by atoms with Gasteiger partial charge in [0.1, 0.15) is 0 Å². The van der Waals surface area contributed by atoms with Crippen LogP contribution in [0.15, 0.2) is 25.3 Å². The molecule has 68 valence electrons. The fourth-order valence-corrected chi connectivity index (χ4v) is 0.944. The number of carbonyl (C=O) groups is 1. The first-order valence-corrected chi connectivity index (χ1v) is 4.25. The third kappa shape index (κ3) is 3.96. The smallest absolute Gasteiger partial charge is 0.222 e. The second kappa shape index (κ2) is 6.65. The molecule has 0 aromatic carbocycles. The van der Waals surface area contributed by atoms with E-state index >= 15 is 0 Å². The zero-order chi connectivity index (χ0) is 9.40. The molecule has 1 amide bonds. The highest BCUT2D eigenvalue weighted by atomic mass is 16.2. The van der Waals surface area contributed by atoms with Gasteiger partial charge < -0.3 is 4.90 Å². The van der Waals surface area contributed by atoms with Gasteiger partial charge in [-0.3, -0.25) is 4.79 Å². The zero-order valence-corrected chi connectivity index (χ0v) is 7.75. The second-order valence-electron chi connectivity index (χ2n) is 2.56. The van der Waals surface area contributed by atoms with Crippen molar-refractivity contribution >= 4 is 5.91 Å². The van der Waals surface area contributed by atoms with Crippen LogP contribution in [0.3, 0.4) is 0 Å². The van der Waals surface area contributed by atoms with E-state index in [4.69, 9.17) is 0 Å². The molecule has 0 unspecified atom stereocenters. The van der Waals surface area contributed by atoms with Gasteiger partial charge in [-0.05, 0) is 6.42 Å². The molecule has 2 nitrogen and oxygen atoms in total. The first-order chi connectivity index (χ1) is 5.76. The number of carbonyl (C=O) groups excluding carboxylic acids is 1. The summed E-state index contributed by atoms with van der Waals surface area (Å²) in [5.41, 5.74) is 0. The molecule has 0 aromatic rings. The Bertz CT molecular complexity index is 163. The summed E-state index contributed by atoms with van der Waals surface area (Å²) in [5.74, 6) is 0.178. The minimum Gasteiger partial charge on any atom is -0.339 e. The van der Waals surface area contributed by atoms with Crippen molar-refractivity contribution in [2.24, 2.45) is 0 Å². The molecule has 2 heteroatoms. The van der Waals surface area contributed by atoms with Crippen LogP contribution in [0.25, 0.3) is 0 Å². The minimum absolute atomic E-state index is 0.178. The topological polar surface area (TPSA) is 20.3 Å². The first-order valence-electron chi connectivity index (χ1n) is 4.25. The molecule has 0 aliphatic heterocycles. The van der Waals surface area contributed by atoms with Gasteiger partial charge in [0.25, 0.3) is 0 Å². The van der Waals surface area contributed by atoms with Crippen molar-refractivity contribution < 1.29 is 4.79 Å². The Hall–Kier alpha value is -1.05. The summed E-state index contributed by atoms with van der Waals surface area (Å²) in [6.45, 7) is 10.5. The number of amides is 1. The van der Waals surface area contributed by atoms with E-state index in [1.165, 1.54) is 0 Å². The quantitative estimate of drug-likeness (QED) is 0.554. The third-order valence-electron chi connectivity index (χ3n) is 1.61. The lowest BCUT2D eigenvalue weighted by Crippen LogP contribution is -2.31. The fraction of sp³-hybridized carbons (Fsp3) is 0.500. The average molecular weight is 167 g/mol. The highest BCUT2D eigenvalue weighted by Gasteiger charge is 2.07. The van der Waals surface area contributed by atoms with Gasteiger partial charge in [-0.15, -0.1) is 13.2 Å². The molecular weight excluding hydrogens is 150 g/mol. The molecule has 0 atom stereocenters. The average Bonchev–Trinajstić information content (AvgIpc) is 2.11. The first kappa shape index (κ1) is 11.0. The van der Waals surface area contributed by atoms with Crippen LogP contribution in [0.2, 0.25) is 0 Å². The van der Waals surface area contributed by atoms with Crippen LogP contribution in [0, 0.1) is 0 Å². The molecule has 0 spiro atoms. The predicted octanol–water partition coefficient (Wildman–Crippen LogP) is 1.99. The second-order valence-corrected chi connectivity index (χ2v) is 2.56. The van der Waals surface area contributed by atoms with Gasteiger partial charge in [-0.2, -0.15) is 0 Å². The Morgan fingerprint density at radius 1 is 1.42 bits per heavy atom. The van der Waals surface area contributed by atoms with Crippen LogP contribution in [-0.2, 0) is 4.79 Å². The van der Waals surface area contributed by atoms with E-state index in [0.717, 1.165) is 13.0 Å². The Labute approximate surface area is 74.6 Å². The molecule has 0 fully saturated rings. The van der Waals surface area contributed by atoms with E-state index < -0.39 is 0 Å². The van der Waals surface area contributed by atoms with E-state index in [2.05, 4.69) is 13.2 Å². The van der Waals surface area contributed by atoms with Crippen molar-refractivity contribution in [3.63, 3.8) is 0 Å². The number of hydrogen-bond acceptors (Lipinski definition) is 1. The van der Waals surface area contributed by atoms with Crippen LogP contribution in [0.5, 0.6) is 0 Å². The van der Waals surface area contributed by atoms with Crippen LogP contribution >= 0.6 is 0 Å². The summed E-state index contributed by atoms with van der Waals surface area (Å²) in [6.07, 6.45) is 4.97. The van der Waals surface area contributed by atoms with E-state index in [9.17, 15) is 4.79 Å². The number of rotatable bonds is 6. The van der Waals surface area contributed by atoms with Crippen LogP contribution in [0.4, 0.5) is 0 Å². The lowest BCUT2D eigenvalue weighted by Gasteiger charge is -2.19. The van der Waals surface area contributed by atoms with E-state index in [1.54, 1.807) is 11.0 Å². The summed E-state index contributed by atoms with van der Waals surface area (Å²) in [4.78, 5) is 13.0. The molecule has 0 bridgehead atoms. The minimum atomic E-state index is 0.178. The maximum Gasteiger partial charge on any atom is 0.222 e. The Morgan fingerprint density at radius 2 is 2.08 bits per heavy atom. The maximum absolute atomic E-state index is 11.3. The Balaban J connectivity index is 3.92. The van der Waals surface area contributed by atoms with Gasteiger partial charge in [0.2, 0.25) is 5.91 Å². The lowest BCUT2D eigenvalue weighted by atomic mass is 10.3. The summed E-state index contributed by atoms with van der Waals surface area (Å²) in [5, 5.41) is 0. The van der Waals surface area contributed by atoms with Crippen molar-refractivity contribution in [3.05, 3.63) is 25.3 Å². The van der Waals surface area contributed by atoms with E-state index in [1.807, 2.05) is 13.0 Å². The largest absolute Gasteiger partial charge is 0.339 e. The standard InChI is InChI=1S/C10H17NO/c1-4-7-9-11(8-5-2)10(12)6-3/h4-5H,1-2,6-9H2,3H3. The molecule has 0 heterocycles. The number of nitrogens with zero attached hydrogens (tertiary/aromatic N) is 1. The lowest BCUT2D eigenvalue weighted by molar-refractivity contribution is -0.130. The van der Waals surface area contributed by atoms with Crippen molar-refractivity contribution in [3.8, 4) is 0 Å². The van der Waals surface area contributed by atoms with Gasteiger partial charge in [0.15, 0.2) is 0 Å². The van der Waals surface area contributed by atoms with E-state index in [0.29, 0.717) is 13.0 Å². The van der Waals surface area contributed by atoms with Crippen molar-refractivity contribution in [1.82, 2.24) is 4.90 Å². The molecule has 12 heavy (non-hydrogen) atoms. The molecule has 0 rings (SSSR count). The third-order valence-corrected chi connectivity index (χ3v) is 1.61. The summed E-state index contributed by atoms with van der Waals surface area (Å²) in [6, 6.07) is 0. The summed E-state index contributed by atoms with van der Waals surface area (Å²) >= 11 is 0. The summed E-state index contributed by atoms with van der Waals surface area (Å²) < 4.78 is 0. The normalized spacial score (nSPS) is 9.08. The van der Waals surface area contributed by atoms with E-state index in [-0.39, 0.29) is 5.91 Å². The van der Waals surface area contributed by atoms with Crippen molar-refractivity contribution in [1.29, 1.82) is 0 Å². The molecule has 0 aliphatic rings. The Kier molecular flexibility index (Phi) is 6.07. The molecule has 0 N–H and O–H groups in total. The Morgan fingerprint density at radius 3 is 2.50 bits per heavy atom.